The van der Waals surface area contributed by atoms with E-state index >= 15 is 0 Å². The molecule has 1 amide bonds. The molecule has 0 aliphatic carbocycles. The minimum atomic E-state index is -0.541. The molecule has 0 saturated heterocycles. The zero-order valence-electron chi connectivity index (χ0n) is 19.4. The molecule has 10 heteroatoms. The average molecular weight is 513 g/mol. The van der Waals surface area contributed by atoms with E-state index in [4.69, 9.17) is 21.1 Å². The van der Waals surface area contributed by atoms with Crippen LogP contribution in [0.1, 0.15) is 30.6 Å². The number of methoxy groups -OCH3 is 1. The summed E-state index contributed by atoms with van der Waals surface area (Å²) < 4.78 is 10.5. The third-order valence-electron chi connectivity index (χ3n) is 5.44. The predicted octanol–water partition coefficient (Wildman–Crippen LogP) is 4.21. The molecule has 8 nitrogen and oxygen atoms in total. The zero-order chi connectivity index (χ0) is 24.8. The van der Waals surface area contributed by atoms with Crippen LogP contribution in [0.3, 0.4) is 0 Å². The maximum absolute atomic E-state index is 13.2. The second kappa shape index (κ2) is 11.5. The Kier molecular flexibility index (Phi) is 8.22. The maximum Gasteiger partial charge on any atom is 0.338 e. The predicted molar refractivity (Wildman–Crippen MR) is 135 cm³/mol. The summed E-state index contributed by atoms with van der Waals surface area (Å²) in [6.45, 7) is 2.52. The Hall–Kier alpha value is -3.14. The Bertz CT molecular complexity index is 1200. The van der Waals surface area contributed by atoms with Gasteiger partial charge >= 0.3 is 5.97 Å². The molecule has 2 aliphatic heterocycles. The van der Waals surface area contributed by atoms with Crippen LogP contribution in [0.5, 0.6) is 0 Å². The monoisotopic (exact) mass is 512 g/mol. The number of fused-ring (bicyclic) bond motifs is 1. The molecule has 0 spiro atoms. The number of thioether (sulfide) groups is 1. The van der Waals surface area contributed by atoms with Crippen molar-refractivity contribution in [1.82, 2.24) is 15.2 Å². The molecule has 3 heterocycles. The number of amidine groups is 1. The van der Waals surface area contributed by atoms with Crippen molar-refractivity contribution >= 4 is 40.4 Å². The molecule has 0 saturated carbocycles. The molecular formula is C25H25ClN4O4S. The van der Waals surface area contributed by atoms with Crippen molar-refractivity contribution in [2.24, 2.45) is 4.99 Å². The van der Waals surface area contributed by atoms with Crippen molar-refractivity contribution in [1.29, 1.82) is 0 Å². The lowest BCUT2D eigenvalue weighted by Crippen LogP contribution is -2.38. The number of halogens is 1. The summed E-state index contributed by atoms with van der Waals surface area (Å²) in [7, 11) is 1.54. The molecule has 2 aromatic rings. The smallest absolute Gasteiger partial charge is 0.338 e. The molecule has 182 valence electrons. The molecule has 1 N–H and O–H groups in total. The normalized spacial score (nSPS) is 17.0. The summed E-state index contributed by atoms with van der Waals surface area (Å²) in [4.78, 5) is 36.8. The number of carbonyl (C=O) groups is 2. The summed E-state index contributed by atoms with van der Waals surface area (Å²) in [5, 5.41) is 6.03. The molecule has 1 atom stereocenters. The lowest BCUT2D eigenvalue weighted by Gasteiger charge is -2.36. The molecule has 4 rings (SSSR count). The number of rotatable bonds is 9. The number of ether oxygens (including phenoxy) is 2. The Morgan fingerprint density at radius 2 is 2.06 bits per heavy atom. The van der Waals surface area contributed by atoms with Gasteiger partial charge in [0.2, 0.25) is 5.91 Å². The topological polar surface area (TPSA) is 93.1 Å². The zero-order valence-corrected chi connectivity index (χ0v) is 20.9. The summed E-state index contributed by atoms with van der Waals surface area (Å²) in [5.41, 5.74) is 3.25. The number of aromatic nitrogens is 1. The number of allylic oxidation sites excluding steroid dienone is 1. The van der Waals surface area contributed by atoms with Gasteiger partial charge in [-0.05, 0) is 42.2 Å². The Morgan fingerprint density at radius 3 is 2.80 bits per heavy atom. The quantitative estimate of drug-likeness (QED) is 0.397. The van der Waals surface area contributed by atoms with E-state index in [1.54, 1.807) is 26.3 Å². The van der Waals surface area contributed by atoms with E-state index in [9.17, 15) is 9.59 Å². The second-order valence-electron chi connectivity index (χ2n) is 7.85. The first kappa shape index (κ1) is 25.0. The van der Waals surface area contributed by atoms with E-state index in [2.05, 4.69) is 15.3 Å². The third-order valence-corrected chi connectivity index (χ3v) is 6.56. The van der Waals surface area contributed by atoms with Crippen molar-refractivity contribution < 1.29 is 19.1 Å². The van der Waals surface area contributed by atoms with Gasteiger partial charge in [0.15, 0.2) is 5.17 Å². The van der Waals surface area contributed by atoms with Gasteiger partial charge in [-0.1, -0.05) is 41.6 Å². The molecule has 35 heavy (non-hydrogen) atoms. The van der Waals surface area contributed by atoms with Crippen LogP contribution in [0.2, 0.25) is 5.02 Å². The Balaban J connectivity index is 1.59. The number of carbonyl (C=O) groups excluding carboxylic acids is 2. The minimum Gasteiger partial charge on any atom is -0.460 e. The van der Waals surface area contributed by atoms with Gasteiger partial charge in [0, 0.05) is 24.0 Å². The van der Waals surface area contributed by atoms with Crippen molar-refractivity contribution in [3.05, 3.63) is 87.3 Å². The summed E-state index contributed by atoms with van der Waals surface area (Å²) in [6.07, 6.45) is 1.80. The first-order valence-corrected chi connectivity index (χ1v) is 12.3. The van der Waals surface area contributed by atoms with Crippen molar-refractivity contribution in [2.45, 2.75) is 25.9 Å². The van der Waals surface area contributed by atoms with Gasteiger partial charge < -0.3 is 19.7 Å². The number of hydrogen-bond donors (Lipinski definition) is 1. The first-order chi connectivity index (χ1) is 17.0. The summed E-state index contributed by atoms with van der Waals surface area (Å²) >= 11 is 7.72. The first-order valence-electron chi connectivity index (χ1n) is 11.0. The van der Waals surface area contributed by atoms with Crippen LogP contribution in [0.4, 0.5) is 0 Å². The third kappa shape index (κ3) is 5.93. The lowest BCUT2D eigenvalue weighted by atomic mass is 9.94. The number of hydrogen-bond acceptors (Lipinski definition) is 8. The molecule has 2 aliphatic rings. The number of nitrogens with one attached hydrogen (secondary N) is 1. The molecule has 0 fully saturated rings. The van der Waals surface area contributed by atoms with Crippen LogP contribution in [-0.2, 0) is 25.6 Å². The minimum absolute atomic E-state index is 0.112. The fraction of sp³-hybridized carbons (Fsp3) is 0.280. The molecule has 0 bridgehead atoms. The van der Waals surface area contributed by atoms with E-state index < -0.39 is 12.0 Å². The van der Waals surface area contributed by atoms with Crippen LogP contribution in [-0.4, -0.2) is 47.3 Å². The van der Waals surface area contributed by atoms with E-state index in [1.165, 1.54) is 11.8 Å². The van der Waals surface area contributed by atoms with Gasteiger partial charge in [0.05, 0.1) is 42.6 Å². The van der Waals surface area contributed by atoms with Crippen LogP contribution >= 0.6 is 23.4 Å². The maximum atomic E-state index is 13.2. The standard InChI is InChI=1S/C25H25ClN4O4S/c1-16-22(24(32)34-11-10-33-2)23(17-6-5-7-18(26)12-17)30-20(15-35-25(30)29-16)13-21(31)28-14-19-8-3-4-9-27-19/h3-9,12,15,23H,10-11,13-14H2,1-2H3,(H,28,31). The van der Waals surface area contributed by atoms with E-state index in [0.717, 1.165) is 17.0 Å². The highest BCUT2D eigenvalue weighted by Gasteiger charge is 2.41. The van der Waals surface area contributed by atoms with Crippen LogP contribution in [0.25, 0.3) is 0 Å². The number of aliphatic imine (C=N–C) groups is 1. The SMILES string of the molecule is COCCOC(=O)C1=C(C)N=C2SC=C(CC(=O)NCc3ccccn3)N2C1c1cccc(Cl)c1. The van der Waals surface area contributed by atoms with Crippen LogP contribution < -0.4 is 5.32 Å². The molecule has 1 aromatic carbocycles. The molecular weight excluding hydrogens is 488 g/mol. The number of amides is 1. The second-order valence-corrected chi connectivity index (χ2v) is 9.12. The van der Waals surface area contributed by atoms with Crippen LogP contribution in [0, 0.1) is 0 Å². The van der Waals surface area contributed by atoms with E-state index in [-0.39, 0.29) is 25.5 Å². The molecule has 1 unspecified atom stereocenters. The van der Waals surface area contributed by atoms with Crippen molar-refractivity contribution in [3.63, 3.8) is 0 Å². The average Bonchev–Trinajstić information content (AvgIpc) is 3.24. The van der Waals surface area contributed by atoms with E-state index in [1.807, 2.05) is 46.7 Å². The number of benzene rings is 1. The Morgan fingerprint density at radius 1 is 1.20 bits per heavy atom. The largest absolute Gasteiger partial charge is 0.460 e. The summed E-state index contributed by atoms with van der Waals surface area (Å²) in [5.74, 6) is -0.646. The van der Waals surface area contributed by atoms with Crippen molar-refractivity contribution in [2.75, 3.05) is 20.3 Å². The molecule has 1 aromatic heterocycles. The summed E-state index contributed by atoms with van der Waals surface area (Å²) in [6, 6.07) is 12.3. The van der Waals surface area contributed by atoms with Gasteiger partial charge in [-0.15, -0.1) is 0 Å². The van der Waals surface area contributed by atoms with Gasteiger partial charge in [-0.2, -0.15) is 0 Å². The fourth-order valence-corrected chi connectivity index (χ4v) is 5.00. The highest BCUT2D eigenvalue weighted by Crippen LogP contribution is 2.45. The van der Waals surface area contributed by atoms with E-state index in [0.29, 0.717) is 28.0 Å². The fourth-order valence-electron chi connectivity index (χ4n) is 3.84. The highest BCUT2D eigenvalue weighted by molar-refractivity contribution is 8.16. The number of pyridine rings is 1. The highest BCUT2D eigenvalue weighted by atomic mass is 35.5. The van der Waals surface area contributed by atoms with Gasteiger partial charge in [-0.25, -0.2) is 9.79 Å². The van der Waals surface area contributed by atoms with Gasteiger partial charge in [0.25, 0.3) is 0 Å². The number of esters is 1. The number of nitrogens with zero attached hydrogens (tertiary/aromatic N) is 3. The molecule has 0 radical (unpaired) electrons. The van der Waals surface area contributed by atoms with Crippen molar-refractivity contribution in [3.8, 4) is 0 Å². The van der Waals surface area contributed by atoms with Gasteiger partial charge in [-0.3, -0.25) is 9.78 Å². The van der Waals surface area contributed by atoms with Crippen LogP contribution in [0.15, 0.2) is 76.0 Å². The van der Waals surface area contributed by atoms with Gasteiger partial charge in [0.1, 0.15) is 6.61 Å². The Labute approximate surface area is 213 Å². The lowest BCUT2D eigenvalue weighted by molar-refractivity contribution is -0.141.